The van der Waals surface area contributed by atoms with E-state index in [1.807, 2.05) is 24.3 Å². The van der Waals surface area contributed by atoms with Crippen LogP contribution < -0.4 is 5.32 Å². The van der Waals surface area contributed by atoms with Gasteiger partial charge in [0.15, 0.2) is 0 Å². The molecule has 2 unspecified atom stereocenters. The molecule has 34 heavy (non-hydrogen) atoms. The Hall–Kier alpha value is -3.39. The number of ether oxygens (including phenoxy) is 2. The number of hydrogen-bond acceptors (Lipinski definition) is 5. The molecule has 8 nitrogen and oxygen atoms in total. The fourth-order valence-corrected chi connectivity index (χ4v) is 4.84. The van der Waals surface area contributed by atoms with Crippen molar-refractivity contribution in [3.05, 3.63) is 59.7 Å². The summed E-state index contributed by atoms with van der Waals surface area (Å²) in [5.41, 5.74) is 4.64. The molecule has 8 heteroatoms. The van der Waals surface area contributed by atoms with E-state index in [-0.39, 0.29) is 37.9 Å². The molecule has 1 aliphatic carbocycles. The number of carboxylic acid groups (broad SMARTS) is 1. The van der Waals surface area contributed by atoms with Gasteiger partial charge in [0.25, 0.3) is 0 Å². The van der Waals surface area contributed by atoms with Crippen LogP contribution in [-0.4, -0.2) is 66.9 Å². The fourth-order valence-electron chi connectivity index (χ4n) is 4.84. The maximum atomic E-state index is 12.5. The van der Waals surface area contributed by atoms with Crippen LogP contribution in [0.4, 0.5) is 4.79 Å². The first-order chi connectivity index (χ1) is 16.5. The third kappa shape index (κ3) is 5.07. The van der Waals surface area contributed by atoms with Gasteiger partial charge in [-0.15, -0.1) is 0 Å². The number of carboxylic acids is 1. The van der Waals surface area contributed by atoms with Gasteiger partial charge in [0.2, 0.25) is 5.91 Å². The third-order valence-corrected chi connectivity index (χ3v) is 6.50. The Balaban J connectivity index is 1.21. The number of benzene rings is 2. The lowest BCUT2D eigenvalue weighted by molar-refractivity contribution is -0.145. The molecule has 2 aliphatic rings. The smallest absolute Gasteiger partial charge is 0.407 e. The van der Waals surface area contributed by atoms with Gasteiger partial charge in [-0.2, -0.15) is 0 Å². The zero-order valence-corrected chi connectivity index (χ0v) is 19.2. The molecule has 0 radical (unpaired) electrons. The lowest BCUT2D eigenvalue weighted by atomic mass is 9.98. The highest BCUT2D eigenvalue weighted by Crippen LogP contribution is 2.44. The standard InChI is InChI=1S/C26H30N2O6/c1-2-33-23-15-28(14-21(23)25(30)31)24(29)12-7-13-27-26(32)34-16-22-19-10-5-3-8-17(19)18-9-4-6-11-20(18)22/h3-6,8-11,21-23H,2,7,12-16H2,1H3,(H,27,32)(H,30,31). The third-order valence-electron chi connectivity index (χ3n) is 6.50. The number of fused-ring (bicyclic) bond motifs is 3. The van der Waals surface area contributed by atoms with Gasteiger partial charge in [0.1, 0.15) is 12.5 Å². The number of amides is 2. The van der Waals surface area contributed by atoms with Gasteiger partial charge >= 0.3 is 12.1 Å². The Morgan fingerprint density at radius 3 is 2.29 bits per heavy atom. The van der Waals surface area contributed by atoms with Crippen molar-refractivity contribution in [1.82, 2.24) is 10.2 Å². The maximum Gasteiger partial charge on any atom is 0.407 e. The summed E-state index contributed by atoms with van der Waals surface area (Å²) in [4.78, 5) is 37.7. The Bertz CT molecular complexity index is 1010. The summed E-state index contributed by atoms with van der Waals surface area (Å²) in [7, 11) is 0. The first kappa shape index (κ1) is 23.8. The topological polar surface area (TPSA) is 105 Å². The number of nitrogens with zero attached hydrogens (tertiary/aromatic N) is 1. The predicted octanol–water partition coefficient (Wildman–Crippen LogP) is 3.25. The first-order valence-corrected chi connectivity index (χ1v) is 11.7. The number of rotatable bonds is 9. The van der Waals surface area contributed by atoms with Crippen LogP contribution in [0.2, 0.25) is 0 Å². The lowest BCUT2D eigenvalue weighted by Gasteiger charge is -2.16. The average Bonchev–Trinajstić information content (AvgIpc) is 3.40. The van der Waals surface area contributed by atoms with Crippen molar-refractivity contribution < 1.29 is 29.0 Å². The normalized spacial score (nSPS) is 18.9. The minimum Gasteiger partial charge on any atom is -0.481 e. The van der Waals surface area contributed by atoms with Gasteiger partial charge in [-0.25, -0.2) is 4.79 Å². The molecule has 1 aliphatic heterocycles. The monoisotopic (exact) mass is 466 g/mol. The highest BCUT2D eigenvalue weighted by molar-refractivity contribution is 5.80. The van der Waals surface area contributed by atoms with Crippen molar-refractivity contribution in [2.75, 3.05) is 32.8 Å². The second-order valence-corrected chi connectivity index (χ2v) is 8.59. The van der Waals surface area contributed by atoms with Gasteiger partial charge in [-0.05, 0) is 35.6 Å². The van der Waals surface area contributed by atoms with E-state index in [1.165, 1.54) is 16.0 Å². The van der Waals surface area contributed by atoms with Crippen molar-refractivity contribution in [2.45, 2.75) is 31.8 Å². The number of carbonyl (C=O) groups excluding carboxylic acids is 2. The Morgan fingerprint density at radius 2 is 1.68 bits per heavy atom. The number of hydrogen-bond donors (Lipinski definition) is 2. The van der Waals surface area contributed by atoms with E-state index in [1.54, 1.807) is 6.92 Å². The van der Waals surface area contributed by atoms with Crippen LogP contribution in [0.3, 0.4) is 0 Å². The van der Waals surface area contributed by atoms with Crippen LogP contribution in [0.5, 0.6) is 0 Å². The van der Waals surface area contributed by atoms with Crippen LogP contribution in [0.15, 0.2) is 48.5 Å². The lowest BCUT2D eigenvalue weighted by Crippen LogP contribution is -2.31. The van der Waals surface area contributed by atoms with Gasteiger partial charge < -0.3 is 24.8 Å². The Kier molecular flexibility index (Phi) is 7.47. The van der Waals surface area contributed by atoms with Gasteiger partial charge in [-0.3, -0.25) is 9.59 Å². The fraction of sp³-hybridized carbons (Fsp3) is 0.423. The molecule has 1 saturated heterocycles. The van der Waals surface area contributed by atoms with Crippen molar-refractivity contribution >= 4 is 18.0 Å². The Morgan fingerprint density at radius 1 is 1.03 bits per heavy atom. The van der Waals surface area contributed by atoms with E-state index >= 15 is 0 Å². The summed E-state index contributed by atoms with van der Waals surface area (Å²) >= 11 is 0. The SMILES string of the molecule is CCOC1CN(C(=O)CCCNC(=O)OCC2c3ccccc3-c3ccccc32)CC1C(=O)O. The molecular formula is C26H30N2O6. The largest absolute Gasteiger partial charge is 0.481 e. The summed E-state index contributed by atoms with van der Waals surface area (Å²) in [5, 5.41) is 12.0. The summed E-state index contributed by atoms with van der Waals surface area (Å²) in [5.74, 6) is -1.80. The summed E-state index contributed by atoms with van der Waals surface area (Å²) < 4.78 is 11.0. The van der Waals surface area contributed by atoms with Gasteiger partial charge in [0, 0.05) is 38.6 Å². The van der Waals surface area contributed by atoms with Crippen LogP contribution in [0.1, 0.15) is 36.8 Å². The quantitative estimate of drug-likeness (QED) is 0.550. The number of alkyl carbamates (subject to hydrolysis) is 1. The molecule has 0 spiro atoms. The van der Waals surface area contributed by atoms with Crippen molar-refractivity contribution in [1.29, 1.82) is 0 Å². The number of nitrogens with one attached hydrogen (secondary N) is 1. The zero-order valence-electron chi connectivity index (χ0n) is 19.2. The maximum absolute atomic E-state index is 12.5. The summed E-state index contributed by atoms with van der Waals surface area (Å²) in [6.07, 6.45) is -0.339. The molecule has 2 amide bonds. The van der Waals surface area contributed by atoms with E-state index in [9.17, 15) is 19.5 Å². The van der Waals surface area contributed by atoms with Crippen molar-refractivity contribution in [3.8, 4) is 11.1 Å². The molecule has 1 fully saturated rings. The van der Waals surface area contributed by atoms with E-state index in [4.69, 9.17) is 9.47 Å². The van der Waals surface area contributed by atoms with Crippen molar-refractivity contribution in [2.24, 2.45) is 5.92 Å². The molecular weight excluding hydrogens is 436 g/mol. The van der Waals surface area contributed by atoms with Crippen molar-refractivity contribution in [3.63, 3.8) is 0 Å². The molecule has 0 saturated carbocycles. The van der Waals surface area contributed by atoms with Gasteiger partial charge in [0.05, 0.1) is 6.10 Å². The number of carbonyl (C=O) groups is 3. The molecule has 2 aromatic rings. The highest BCUT2D eigenvalue weighted by atomic mass is 16.5. The van der Waals surface area contributed by atoms with Crippen LogP contribution >= 0.6 is 0 Å². The molecule has 1 heterocycles. The van der Waals surface area contributed by atoms with E-state index in [0.717, 1.165) is 11.1 Å². The minimum absolute atomic E-state index is 0.00430. The molecule has 2 N–H and O–H groups in total. The Labute approximate surface area is 198 Å². The minimum atomic E-state index is -0.953. The molecule has 4 rings (SSSR count). The number of likely N-dealkylation sites (tertiary alicyclic amines) is 1. The van der Waals surface area contributed by atoms with Crippen LogP contribution in [-0.2, 0) is 19.1 Å². The van der Waals surface area contributed by atoms with Crippen LogP contribution in [0, 0.1) is 5.92 Å². The summed E-state index contributed by atoms with van der Waals surface area (Å²) in [6.45, 7) is 3.18. The summed E-state index contributed by atoms with van der Waals surface area (Å²) in [6, 6.07) is 16.3. The second-order valence-electron chi connectivity index (χ2n) is 8.59. The average molecular weight is 467 g/mol. The van der Waals surface area contributed by atoms with E-state index < -0.39 is 24.1 Å². The second kappa shape index (κ2) is 10.7. The van der Waals surface area contributed by atoms with E-state index in [2.05, 4.69) is 29.6 Å². The predicted molar refractivity (Wildman–Crippen MR) is 125 cm³/mol. The van der Waals surface area contributed by atoms with Crippen LogP contribution in [0.25, 0.3) is 11.1 Å². The molecule has 2 aromatic carbocycles. The molecule has 0 bridgehead atoms. The van der Waals surface area contributed by atoms with E-state index in [0.29, 0.717) is 19.6 Å². The molecule has 0 aromatic heterocycles. The highest BCUT2D eigenvalue weighted by Gasteiger charge is 2.40. The zero-order chi connectivity index (χ0) is 24.1. The number of aliphatic carboxylic acids is 1. The first-order valence-electron chi connectivity index (χ1n) is 11.7. The van der Waals surface area contributed by atoms with Gasteiger partial charge in [-0.1, -0.05) is 48.5 Å². The molecule has 180 valence electrons. The molecule has 2 atom stereocenters.